The van der Waals surface area contributed by atoms with Crippen LogP contribution in [0.25, 0.3) is 0 Å². The predicted molar refractivity (Wildman–Crippen MR) is 110 cm³/mol. The van der Waals surface area contributed by atoms with Crippen LogP contribution < -0.4 is 10.6 Å². The topological polar surface area (TPSA) is 84.0 Å². The Bertz CT molecular complexity index is 1040. The molecule has 142 valence electrons. The van der Waals surface area contributed by atoms with E-state index >= 15 is 0 Å². The van der Waals surface area contributed by atoms with Crippen molar-refractivity contribution < 1.29 is 9.59 Å². The minimum atomic E-state index is -0.382. The number of hydrogen-bond donors (Lipinski definition) is 2. The van der Waals surface area contributed by atoms with Crippen LogP contribution in [0.1, 0.15) is 39.0 Å². The van der Waals surface area contributed by atoms with E-state index in [1.54, 1.807) is 37.3 Å². The van der Waals surface area contributed by atoms with Crippen LogP contribution in [0, 0.1) is 6.92 Å². The van der Waals surface area contributed by atoms with Crippen LogP contribution in [-0.4, -0.2) is 21.7 Å². The molecule has 0 radical (unpaired) electrons. The third-order valence-electron chi connectivity index (χ3n) is 4.01. The van der Waals surface area contributed by atoms with Gasteiger partial charge in [-0.05, 0) is 43.7 Å². The van der Waals surface area contributed by atoms with Gasteiger partial charge in [0.2, 0.25) is 5.95 Å². The minimum absolute atomic E-state index is 0.0694. The Labute approximate surface area is 168 Å². The first-order valence-electron chi connectivity index (χ1n) is 8.67. The standard InChI is InChI=1S/C21H19ClN4O2/c1-13-10-19(20(28)25-17-8-5-7-15(11-17)14(2)27)26-21(24-13)23-12-16-6-3-4-9-18(16)22/h3-11H,12H2,1-2H3,(H,25,28)(H,23,24,26). The molecule has 0 spiro atoms. The molecule has 0 saturated heterocycles. The molecule has 0 aliphatic rings. The fourth-order valence-corrected chi connectivity index (χ4v) is 2.79. The van der Waals surface area contributed by atoms with Crippen LogP contribution >= 0.6 is 11.6 Å². The molecule has 2 aromatic carbocycles. The van der Waals surface area contributed by atoms with E-state index in [4.69, 9.17) is 11.6 Å². The summed E-state index contributed by atoms with van der Waals surface area (Å²) in [5, 5.41) is 6.50. The summed E-state index contributed by atoms with van der Waals surface area (Å²) in [4.78, 5) is 32.7. The zero-order chi connectivity index (χ0) is 20.1. The van der Waals surface area contributed by atoms with Crippen molar-refractivity contribution in [2.45, 2.75) is 20.4 Å². The molecule has 1 aromatic heterocycles. The molecule has 3 aromatic rings. The van der Waals surface area contributed by atoms with Gasteiger partial charge in [0.15, 0.2) is 5.78 Å². The van der Waals surface area contributed by atoms with Gasteiger partial charge in [0.25, 0.3) is 5.91 Å². The van der Waals surface area contributed by atoms with E-state index in [1.807, 2.05) is 24.3 Å². The van der Waals surface area contributed by atoms with E-state index in [9.17, 15) is 9.59 Å². The Hall–Kier alpha value is -3.25. The van der Waals surface area contributed by atoms with Crippen molar-refractivity contribution in [1.29, 1.82) is 0 Å². The fraction of sp³-hybridized carbons (Fsp3) is 0.143. The molecule has 0 aliphatic heterocycles. The second-order valence-corrected chi connectivity index (χ2v) is 6.66. The molecule has 1 heterocycles. The van der Waals surface area contributed by atoms with Crippen LogP contribution in [0.15, 0.2) is 54.6 Å². The number of rotatable bonds is 6. The molecule has 0 atom stereocenters. The molecule has 0 bridgehead atoms. The van der Waals surface area contributed by atoms with Gasteiger partial charge in [-0.15, -0.1) is 0 Å². The Kier molecular flexibility index (Phi) is 6.01. The van der Waals surface area contributed by atoms with Crippen molar-refractivity contribution in [3.63, 3.8) is 0 Å². The van der Waals surface area contributed by atoms with Gasteiger partial charge >= 0.3 is 0 Å². The molecular weight excluding hydrogens is 376 g/mol. The lowest BCUT2D eigenvalue weighted by Gasteiger charge is -2.10. The number of benzene rings is 2. The summed E-state index contributed by atoms with van der Waals surface area (Å²) in [5.74, 6) is -0.116. The third kappa shape index (κ3) is 4.92. The number of halogens is 1. The molecule has 1 amide bonds. The van der Waals surface area contributed by atoms with Gasteiger partial charge < -0.3 is 10.6 Å². The Balaban J connectivity index is 1.75. The van der Waals surface area contributed by atoms with Crippen LogP contribution in [0.3, 0.4) is 0 Å². The molecule has 3 rings (SSSR count). The summed E-state index contributed by atoms with van der Waals surface area (Å²) in [6, 6.07) is 15.8. The van der Waals surface area contributed by atoms with Crippen molar-refractivity contribution in [3.05, 3.63) is 82.1 Å². The van der Waals surface area contributed by atoms with Crippen molar-refractivity contribution in [1.82, 2.24) is 9.97 Å². The highest BCUT2D eigenvalue weighted by Crippen LogP contribution is 2.17. The molecule has 2 N–H and O–H groups in total. The lowest BCUT2D eigenvalue weighted by atomic mass is 10.1. The number of aryl methyl sites for hydroxylation is 1. The number of nitrogens with zero attached hydrogens (tertiary/aromatic N) is 2. The lowest BCUT2D eigenvalue weighted by Crippen LogP contribution is -2.16. The van der Waals surface area contributed by atoms with Gasteiger partial charge in [-0.25, -0.2) is 9.97 Å². The summed E-state index contributed by atoms with van der Waals surface area (Å²) in [6.07, 6.45) is 0. The van der Waals surface area contributed by atoms with Gasteiger partial charge in [-0.2, -0.15) is 0 Å². The summed E-state index contributed by atoms with van der Waals surface area (Å²) in [6.45, 7) is 3.70. The Morgan fingerprint density at radius 1 is 1.04 bits per heavy atom. The highest BCUT2D eigenvalue weighted by atomic mass is 35.5. The maximum absolute atomic E-state index is 12.6. The molecular formula is C21H19ClN4O2. The highest BCUT2D eigenvalue weighted by Gasteiger charge is 2.12. The first kappa shape index (κ1) is 19.5. The van der Waals surface area contributed by atoms with E-state index in [0.717, 1.165) is 5.56 Å². The third-order valence-corrected chi connectivity index (χ3v) is 4.38. The van der Waals surface area contributed by atoms with Crippen LogP contribution in [0.4, 0.5) is 11.6 Å². The fourth-order valence-electron chi connectivity index (χ4n) is 2.59. The summed E-state index contributed by atoms with van der Waals surface area (Å²) in [5.41, 5.74) is 2.83. The number of anilines is 2. The maximum Gasteiger partial charge on any atom is 0.274 e. The monoisotopic (exact) mass is 394 g/mol. The van der Waals surface area contributed by atoms with Gasteiger partial charge in [0.05, 0.1) is 0 Å². The second kappa shape index (κ2) is 8.63. The van der Waals surface area contributed by atoms with Crippen molar-refractivity contribution in [2.75, 3.05) is 10.6 Å². The number of hydrogen-bond acceptors (Lipinski definition) is 5. The number of carbonyl (C=O) groups excluding carboxylic acids is 2. The van der Waals surface area contributed by atoms with Gasteiger partial charge in [0, 0.05) is 28.5 Å². The first-order chi connectivity index (χ1) is 13.4. The van der Waals surface area contributed by atoms with Gasteiger partial charge in [-0.1, -0.05) is 41.9 Å². The first-order valence-corrected chi connectivity index (χ1v) is 9.05. The maximum atomic E-state index is 12.6. The number of amides is 1. The quantitative estimate of drug-likeness (QED) is 0.601. The average Bonchev–Trinajstić information content (AvgIpc) is 2.67. The Morgan fingerprint density at radius 3 is 2.57 bits per heavy atom. The number of nitrogens with one attached hydrogen (secondary N) is 2. The molecule has 0 saturated carbocycles. The van der Waals surface area contributed by atoms with Crippen molar-refractivity contribution in [2.24, 2.45) is 0 Å². The number of carbonyl (C=O) groups is 2. The molecule has 6 nitrogen and oxygen atoms in total. The van der Waals surface area contributed by atoms with E-state index in [2.05, 4.69) is 20.6 Å². The van der Waals surface area contributed by atoms with Crippen molar-refractivity contribution >= 4 is 34.9 Å². The van der Waals surface area contributed by atoms with E-state index in [-0.39, 0.29) is 17.4 Å². The highest BCUT2D eigenvalue weighted by molar-refractivity contribution is 6.31. The van der Waals surface area contributed by atoms with Gasteiger partial charge in [0.1, 0.15) is 5.69 Å². The second-order valence-electron chi connectivity index (χ2n) is 6.25. The predicted octanol–water partition coefficient (Wildman–Crippen LogP) is 4.51. The van der Waals surface area contributed by atoms with E-state index in [1.165, 1.54) is 6.92 Å². The van der Waals surface area contributed by atoms with Crippen LogP contribution in [0.5, 0.6) is 0 Å². The zero-order valence-electron chi connectivity index (χ0n) is 15.5. The number of ketones is 1. The largest absolute Gasteiger partial charge is 0.350 e. The van der Waals surface area contributed by atoms with Gasteiger partial charge in [-0.3, -0.25) is 9.59 Å². The summed E-state index contributed by atoms with van der Waals surface area (Å²) < 4.78 is 0. The van der Waals surface area contributed by atoms with E-state index < -0.39 is 0 Å². The lowest BCUT2D eigenvalue weighted by molar-refractivity contribution is 0.100. The minimum Gasteiger partial charge on any atom is -0.350 e. The van der Waals surface area contributed by atoms with Crippen LogP contribution in [0.2, 0.25) is 5.02 Å². The number of aromatic nitrogens is 2. The molecule has 0 aliphatic carbocycles. The normalized spacial score (nSPS) is 10.4. The molecule has 28 heavy (non-hydrogen) atoms. The smallest absolute Gasteiger partial charge is 0.274 e. The molecule has 7 heteroatoms. The van der Waals surface area contributed by atoms with Crippen LogP contribution in [-0.2, 0) is 6.54 Å². The zero-order valence-corrected chi connectivity index (χ0v) is 16.2. The van der Waals surface area contributed by atoms with Crippen molar-refractivity contribution in [3.8, 4) is 0 Å². The molecule has 0 unspecified atom stereocenters. The SMILES string of the molecule is CC(=O)c1cccc(NC(=O)c2cc(C)nc(NCc3ccccc3Cl)n2)c1. The molecule has 0 fully saturated rings. The van der Waals surface area contributed by atoms with E-state index in [0.29, 0.717) is 34.5 Å². The summed E-state index contributed by atoms with van der Waals surface area (Å²) >= 11 is 6.16. The number of Topliss-reactive ketones (excluding diaryl/α,β-unsaturated/α-hetero) is 1. The Morgan fingerprint density at radius 2 is 1.82 bits per heavy atom. The summed E-state index contributed by atoms with van der Waals surface area (Å²) in [7, 11) is 0. The average molecular weight is 395 g/mol.